The van der Waals surface area contributed by atoms with Gasteiger partial charge in [0.25, 0.3) is 0 Å². The van der Waals surface area contributed by atoms with Crippen molar-refractivity contribution in [2.24, 2.45) is 0 Å². The third kappa shape index (κ3) is 1.87. The van der Waals surface area contributed by atoms with E-state index >= 15 is 0 Å². The first kappa shape index (κ1) is 10.5. The fourth-order valence-corrected chi connectivity index (χ4v) is 1.96. The molecule has 0 fully saturated rings. The quantitative estimate of drug-likeness (QED) is 0.851. The van der Waals surface area contributed by atoms with Gasteiger partial charge in [0.2, 0.25) is 0 Å². The van der Waals surface area contributed by atoms with Crippen molar-refractivity contribution in [2.75, 3.05) is 0 Å². The van der Waals surface area contributed by atoms with Crippen LogP contribution in [0.1, 0.15) is 12.0 Å². The topological polar surface area (TPSA) is 37.3 Å². The molecule has 2 nitrogen and oxygen atoms in total. The van der Waals surface area contributed by atoms with Gasteiger partial charge in [-0.2, -0.15) is 0 Å². The van der Waals surface area contributed by atoms with E-state index in [0.29, 0.717) is 4.47 Å². The van der Waals surface area contributed by atoms with Crippen LogP contribution in [0.2, 0.25) is 0 Å². The van der Waals surface area contributed by atoms with Crippen LogP contribution in [0.25, 0.3) is 5.57 Å². The Labute approximate surface area is 94.5 Å². The van der Waals surface area contributed by atoms with Gasteiger partial charge in [-0.3, -0.25) is 4.79 Å². The average molecular weight is 271 g/mol. The molecule has 0 bridgehead atoms. The summed E-state index contributed by atoms with van der Waals surface area (Å²) in [6.45, 7) is 0. The summed E-state index contributed by atoms with van der Waals surface area (Å²) in [7, 11) is 0. The summed E-state index contributed by atoms with van der Waals surface area (Å²) < 4.78 is 13.9. The van der Waals surface area contributed by atoms with E-state index in [9.17, 15) is 14.3 Å². The molecule has 1 aromatic rings. The van der Waals surface area contributed by atoms with E-state index in [-0.39, 0.29) is 23.3 Å². The highest BCUT2D eigenvalue weighted by Crippen LogP contribution is 2.29. The fourth-order valence-electron chi connectivity index (χ4n) is 1.60. The first-order valence-corrected chi connectivity index (χ1v) is 5.26. The van der Waals surface area contributed by atoms with Crippen LogP contribution >= 0.6 is 15.9 Å². The summed E-state index contributed by atoms with van der Waals surface area (Å²) in [6, 6.07) is 4.75. The second-order valence-electron chi connectivity index (χ2n) is 3.38. The molecule has 0 heterocycles. The second kappa shape index (κ2) is 3.87. The van der Waals surface area contributed by atoms with Crippen LogP contribution in [0.3, 0.4) is 0 Å². The Bertz CT molecular complexity index is 454. The van der Waals surface area contributed by atoms with Gasteiger partial charge in [-0.05, 0) is 28.1 Å². The van der Waals surface area contributed by atoms with Crippen molar-refractivity contribution in [3.05, 3.63) is 40.1 Å². The van der Waals surface area contributed by atoms with Gasteiger partial charge >= 0.3 is 0 Å². The van der Waals surface area contributed by atoms with Crippen molar-refractivity contribution in [3.63, 3.8) is 0 Å². The van der Waals surface area contributed by atoms with Crippen molar-refractivity contribution in [2.45, 2.75) is 12.5 Å². The highest BCUT2D eigenvalue weighted by atomic mass is 79.9. The van der Waals surface area contributed by atoms with Crippen molar-refractivity contribution in [1.82, 2.24) is 0 Å². The van der Waals surface area contributed by atoms with E-state index in [1.54, 1.807) is 12.1 Å². The number of aliphatic hydroxyl groups is 1. The molecule has 2 rings (SSSR count). The summed E-state index contributed by atoms with van der Waals surface area (Å²) in [5.74, 6) is -0.689. The smallest absolute Gasteiger partial charge is 0.166 e. The van der Waals surface area contributed by atoms with Crippen LogP contribution in [0.5, 0.6) is 0 Å². The van der Waals surface area contributed by atoms with E-state index in [1.807, 2.05) is 0 Å². The third-order valence-corrected chi connectivity index (χ3v) is 2.91. The van der Waals surface area contributed by atoms with Crippen LogP contribution in [0.4, 0.5) is 4.39 Å². The summed E-state index contributed by atoms with van der Waals surface area (Å²) in [6.07, 6.45) is 0.653. The van der Waals surface area contributed by atoms with Gasteiger partial charge in [0.15, 0.2) is 5.78 Å². The summed E-state index contributed by atoms with van der Waals surface area (Å²) >= 11 is 3.05. The molecule has 0 aliphatic heterocycles. The molecule has 0 radical (unpaired) electrons. The maximum Gasteiger partial charge on any atom is 0.166 e. The predicted octanol–water partition coefficient (Wildman–Crippen LogP) is 2.31. The van der Waals surface area contributed by atoms with Gasteiger partial charge < -0.3 is 5.11 Å². The van der Waals surface area contributed by atoms with Crippen molar-refractivity contribution in [1.29, 1.82) is 0 Å². The lowest BCUT2D eigenvalue weighted by Gasteiger charge is -2.03. The molecule has 0 spiro atoms. The fraction of sp³-hybridized carbons (Fsp3) is 0.182. The first-order chi connectivity index (χ1) is 7.09. The van der Waals surface area contributed by atoms with Crippen molar-refractivity contribution in [3.8, 4) is 0 Å². The van der Waals surface area contributed by atoms with Crippen molar-refractivity contribution >= 4 is 27.3 Å². The Balaban J connectivity index is 2.51. The molecular formula is C11H8BrFO2. The lowest BCUT2D eigenvalue weighted by molar-refractivity contribution is -0.114. The standard InChI is InChI=1S/C11H8BrFO2/c12-9-3-1-2-7(11(9)13)8-4-6(14)5-10(8)15/h1-4,6,14H,5H2/t6-/m0/s1. The number of Topliss-reactive ketones (excluding diaryl/α,β-unsaturated/α-hetero) is 1. The van der Waals surface area contributed by atoms with Crippen molar-refractivity contribution < 1.29 is 14.3 Å². The van der Waals surface area contributed by atoms with Gasteiger partial charge in [0.1, 0.15) is 5.82 Å². The Morgan fingerprint density at radius 2 is 2.20 bits per heavy atom. The Morgan fingerprint density at radius 1 is 1.47 bits per heavy atom. The maximum atomic E-state index is 13.6. The first-order valence-electron chi connectivity index (χ1n) is 4.47. The zero-order valence-corrected chi connectivity index (χ0v) is 9.29. The number of hydrogen-bond donors (Lipinski definition) is 1. The Morgan fingerprint density at radius 3 is 2.80 bits per heavy atom. The molecule has 1 N–H and O–H groups in total. The highest BCUT2D eigenvalue weighted by molar-refractivity contribution is 9.10. The van der Waals surface area contributed by atoms with Gasteiger partial charge in [-0.15, -0.1) is 0 Å². The third-order valence-electron chi connectivity index (χ3n) is 2.30. The minimum atomic E-state index is -0.786. The summed E-state index contributed by atoms with van der Waals surface area (Å²) in [5.41, 5.74) is 0.507. The SMILES string of the molecule is O=C1C[C@@H](O)C=C1c1cccc(Br)c1F. The normalized spacial score (nSPS) is 20.6. The molecule has 1 aliphatic carbocycles. The number of ketones is 1. The second-order valence-corrected chi connectivity index (χ2v) is 4.23. The number of carbonyl (C=O) groups is 1. The number of carbonyl (C=O) groups excluding carboxylic acids is 1. The van der Waals surface area contributed by atoms with Gasteiger partial charge in [0.05, 0.1) is 10.6 Å². The number of benzene rings is 1. The molecule has 1 aliphatic rings. The number of allylic oxidation sites excluding steroid dienone is 1. The maximum absolute atomic E-state index is 13.6. The van der Waals surface area contributed by atoms with E-state index in [4.69, 9.17) is 0 Å². The van der Waals surface area contributed by atoms with Crippen LogP contribution in [-0.2, 0) is 4.79 Å². The van der Waals surface area contributed by atoms with Crippen LogP contribution in [-0.4, -0.2) is 17.0 Å². The van der Waals surface area contributed by atoms with Crippen LogP contribution in [0, 0.1) is 5.82 Å². The molecule has 1 aromatic carbocycles. The largest absolute Gasteiger partial charge is 0.389 e. The van der Waals surface area contributed by atoms with E-state index in [2.05, 4.69) is 15.9 Å². The van der Waals surface area contributed by atoms with Gasteiger partial charge in [-0.25, -0.2) is 4.39 Å². The molecule has 4 heteroatoms. The average Bonchev–Trinajstić information content (AvgIpc) is 2.50. The lowest BCUT2D eigenvalue weighted by Crippen LogP contribution is -2.01. The lowest BCUT2D eigenvalue weighted by atomic mass is 10.0. The molecule has 15 heavy (non-hydrogen) atoms. The Hall–Kier alpha value is -1.000. The molecule has 78 valence electrons. The summed E-state index contributed by atoms with van der Waals surface area (Å²) in [5, 5.41) is 9.26. The summed E-state index contributed by atoms with van der Waals surface area (Å²) in [4.78, 5) is 11.4. The number of rotatable bonds is 1. The van der Waals surface area contributed by atoms with Gasteiger partial charge in [-0.1, -0.05) is 12.1 Å². The highest BCUT2D eigenvalue weighted by Gasteiger charge is 2.25. The van der Waals surface area contributed by atoms with E-state index in [1.165, 1.54) is 12.1 Å². The van der Waals surface area contributed by atoms with E-state index in [0.717, 1.165) is 0 Å². The van der Waals surface area contributed by atoms with Crippen LogP contribution in [0.15, 0.2) is 28.7 Å². The molecular weight excluding hydrogens is 263 g/mol. The number of aliphatic hydroxyl groups excluding tert-OH is 1. The molecule has 1 atom stereocenters. The minimum absolute atomic E-state index is 0.0429. The molecule has 0 saturated carbocycles. The zero-order chi connectivity index (χ0) is 11.0. The zero-order valence-electron chi connectivity index (χ0n) is 7.71. The molecule has 0 unspecified atom stereocenters. The Kier molecular flexibility index (Phi) is 2.71. The monoisotopic (exact) mass is 270 g/mol. The van der Waals surface area contributed by atoms with Gasteiger partial charge in [0, 0.05) is 17.6 Å². The number of halogens is 2. The predicted molar refractivity (Wildman–Crippen MR) is 57.7 cm³/mol. The van der Waals surface area contributed by atoms with E-state index < -0.39 is 11.9 Å². The minimum Gasteiger partial charge on any atom is -0.389 e. The van der Waals surface area contributed by atoms with Crippen LogP contribution < -0.4 is 0 Å². The molecule has 0 aromatic heterocycles. The molecule has 0 amide bonds. The number of hydrogen-bond acceptors (Lipinski definition) is 2. The molecule has 0 saturated heterocycles.